The van der Waals surface area contributed by atoms with Crippen molar-refractivity contribution in [1.29, 1.82) is 0 Å². The van der Waals surface area contributed by atoms with Crippen molar-refractivity contribution in [3.63, 3.8) is 0 Å². The van der Waals surface area contributed by atoms with Gasteiger partial charge in [-0.1, -0.05) is 59.7 Å². The summed E-state index contributed by atoms with van der Waals surface area (Å²) in [4.78, 5) is 32.6. The maximum absolute atomic E-state index is 16.6. The van der Waals surface area contributed by atoms with Gasteiger partial charge in [0, 0.05) is 60.4 Å². The molecule has 1 aromatic heterocycles. The zero-order valence-electron chi connectivity index (χ0n) is 30.9. The Morgan fingerprint density at radius 2 is 1.83 bits per heavy atom. The summed E-state index contributed by atoms with van der Waals surface area (Å²) in [5.41, 5.74) is 4.68. The Labute approximate surface area is 305 Å². The lowest BCUT2D eigenvalue weighted by Gasteiger charge is -2.31. The smallest absolute Gasteiger partial charge is 0.264 e. The molecular weight excluding hydrogens is 674 g/mol. The third-order valence-electron chi connectivity index (χ3n) is 11.1. The normalized spacial score (nSPS) is 22.7. The Morgan fingerprint density at radius 3 is 2.56 bits per heavy atom. The van der Waals surface area contributed by atoms with E-state index in [-0.39, 0.29) is 18.4 Å². The van der Waals surface area contributed by atoms with Gasteiger partial charge < -0.3 is 18.9 Å². The highest BCUT2D eigenvalue weighted by Crippen LogP contribution is 2.61. The van der Waals surface area contributed by atoms with Gasteiger partial charge in [-0.05, 0) is 88.8 Å². The van der Waals surface area contributed by atoms with E-state index in [1.54, 1.807) is 33.8 Å². The van der Waals surface area contributed by atoms with E-state index in [4.69, 9.17) is 4.74 Å². The maximum atomic E-state index is 16.6. The molecule has 4 heterocycles. The summed E-state index contributed by atoms with van der Waals surface area (Å²) in [6.45, 7) is 12.4. The zero-order chi connectivity index (χ0) is 36.9. The lowest BCUT2D eigenvalue weighted by Crippen LogP contribution is -2.45. The number of rotatable bonds is 12. The van der Waals surface area contributed by atoms with Crippen LogP contribution in [-0.4, -0.2) is 59.6 Å². The number of aryl methyl sites for hydroxylation is 1. The van der Waals surface area contributed by atoms with Crippen molar-refractivity contribution in [3.05, 3.63) is 101 Å². The van der Waals surface area contributed by atoms with Crippen LogP contribution in [0, 0.1) is 5.92 Å². The fourth-order valence-electron chi connectivity index (χ4n) is 8.67. The Balaban J connectivity index is 1.30. The number of fused-ring (bicyclic) bond motifs is 2. The summed E-state index contributed by atoms with van der Waals surface area (Å²) in [6, 6.07) is 17.4. The highest BCUT2D eigenvalue weighted by molar-refractivity contribution is 6.72. The molecule has 7 rings (SSSR count). The molecule has 4 aromatic rings. The minimum Gasteiger partial charge on any atom is -0.396 e. The van der Waals surface area contributed by atoms with Gasteiger partial charge in [0.25, 0.3) is 11.8 Å². The second-order valence-electron chi connectivity index (χ2n) is 15.3. The molecule has 0 unspecified atom stereocenters. The quantitative estimate of drug-likeness (QED) is 0.0901. The van der Waals surface area contributed by atoms with Crippen molar-refractivity contribution in [1.82, 2.24) is 15.0 Å². The molecule has 0 bridgehead atoms. The number of nitrogens with zero attached hydrogens (tertiary/aromatic N) is 5. The van der Waals surface area contributed by atoms with Crippen LogP contribution in [0.3, 0.4) is 0 Å². The largest absolute Gasteiger partial charge is 0.396 e. The van der Waals surface area contributed by atoms with Crippen LogP contribution in [-0.2, 0) is 28.1 Å². The van der Waals surface area contributed by atoms with Gasteiger partial charge >= 0.3 is 0 Å². The molecule has 11 heteroatoms. The standard InChI is InChI=1S/C41H48FN5O4Si/c1-26(2)10-7-11-27(3)18-22-46-34-17-16-31(47-35-15-9-13-29-12-8-14-32(37(29)35)39(47)49)24-33(34)41(40(46)50)28(4)38(52(5,6)42)36(51-41)19-21-45-25-30(20-23-48)43-44-45/h8-10,12-18,24-25,28,36,38,48H,7,11,19-23H2,1-6H3/b27-18+/t28-,36+,38-,41+/m0/s1. The molecule has 3 aromatic carbocycles. The van der Waals surface area contributed by atoms with Gasteiger partial charge in [0.05, 0.1) is 28.7 Å². The number of aliphatic hydroxyl groups excluding tert-OH is 1. The molecule has 0 saturated carbocycles. The fraction of sp³-hybridized carbons (Fsp3) is 0.415. The number of aromatic nitrogens is 3. The number of aliphatic hydroxyl groups is 1. The van der Waals surface area contributed by atoms with Crippen LogP contribution in [0.2, 0.25) is 18.6 Å². The van der Waals surface area contributed by atoms with E-state index in [2.05, 4.69) is 43.2 Å². The number of allylic oxidation sites excluding steroid dienone is 3. The van der Waals surface area contributed by atoms with Crippen LogP contribution in [0.4, 0.5) is 21.2 Å². The van der Waals surface area contributed by atoms with Crippen molar-refractivity contribution in [2.24, 2.45) is 5.92 Å². The first-order chi connectivity index (χ1) is 24.8. The molecule has 0 radical (unpaired) electrons. The number of benzene rings is 3. The van der Waals surface area contributed by atoms with E-state index in [0.717, 1.165) is 35.0 Å². The van der Waals surface area contributed by atoms with Crippen LogP contribution in [0.25, 0.3) is 10.8 Å². The molecule has 1 N–H and O–H groups in total. The van der Waals surface area contributed by atoms with Crippen LogP contribution < -0.4 is 9.80 Å². The number of amides is 2. The lowest BCUT2D eigenvalue weighted by molar-refractivity contribution is -0.145. The number of hydrogen-bond donors (Lipinski definition) is 1. The molecule has 1 fully saturated rings. The molecule has 3 aliphatic rings. The Kier molecular flexibility index (Phi) is 9.56. The van der Waals surface area contributed by atoms with Crippen LogP contribution in [0.15, 0.2) is 84.1 Å². The van der Waals surface area contributed by atoms with Gasteiger partial charge in [-0.15, -0.1) is 5.10 Å². The Morgan fingerprint density at radius 1 is 1.06 bits per heavy atom. The van der Waals surface area contributed by atoms with Crippen molar-refractivity contribution >= 4 is 48.1 Å². The van der Waals surface area contributed by atoms with Crippen LogP contribution >= 0.6 is 0 Å². The van der Waals surface area contributed by atoms with E-state index >= 15 is 8.90 Å². The van der Waals surface area contributed by atoms with Crippen molar-refractivity contribution < 1.29 is 23.5 Å². The van der Waals surface area contributed by atoms with Crippen molar-refractivity contribution in [3.8, 4) is 0 Å². The summed E-state index contributed by atoms with van der Waals surface area (Å²) >= 11 is 0. The first kappa shape index (κ1) is 35.9. The molecule has 2 amide bonds. The van der Waals surface area contributed by atoms with Gasteiger partial charge in [-0.2, -0.15) is 0 Å². The molecule has 0 aliphatic carbocycles. The second kappa shape index (κ2) is 13.8. The number of hydrogen-bond acceptors (Lipinski definition) is 6. The average molecular weight is 722 g/mol. The van der Waals surface area contributed by atoms with Gasteiger partial charge in [-0.25, -0.2) is 0 Å². The summed E-state index contributed by atoms with van der Waals surface area (Å²) in [6.07, 6.45) is 8.20. The third kappa shape index (κ3) is 6.12. The van der Waals surface area contributed by atoms with Gasteiger partial charge in [0.15, 0.2) is 5.60 Å². The molecule has 272 valence electrons. The first-order valence-corrected chi connectivity index (χ1v) is 21.3. The third-order valence-corrected chi connectivity index (χ3v) is 13.5. The first-order valence-electron chi connectivity index (χ1n) is 18.3. The van der Waals surface area contributed by atoms with Gasteiger partial charge in [0.1, 0.15) is 0 Å². The number of carbonyl (C=O) groups excluding carboxylic acids is 2. The lowest BCUT2D eigenvalue weighted by atomic mass is 9.82. The average Bonchev–Trinajstić information content (AvgIpc) is 3.82. The van der Waals surface area contributed by atoms with E-state index < -0.39 is 31.6 Å². The van der Waals surface area contributed by atoms with Crippen LogP contribution in [0.5, 0.6) is 0 Å². The van der Waals surface area contributed by atoms with E-state index in [9.17, 15) is 9.90 Å². The molecule has 52 heavy (non-hydrogen) atoms. The van der Waals surface area contributed by atoms with Gasteiger partial charge in [-0.3, -0.25) is 19.2 Å². The number of halogens is 1. The summed E-state index contributed by atoms with van der Waals surface area (Å²) < 4.78 is 25.3. The summed E-state index contributed by atoms with van der Waals surface area (Å²) in [5.74, 6) is -0.803. The molecule has 4 atom stereocenters. The highest BCUT2D eigenvalue weighted by Gasteiger charge is 2.66. The Hall–Kier alpha value is -4.45. The summed E-state index contributed by atoms with van der Waals surface area (Å²) in [5, 5.41) is 19.6. The van der Waals surface area contributed by atoms with Crippen molar-refractivity contribution in [2.45, 2.75) is 90.3 Å². The maximum Gasteiger partial charge on any atom is 0.264 e. The minimum absolute atomic E-state index is 0.0252. The number of carbonyl (C=O) groups is 2. The van der Waals surface area contributed by atoms with E-state index in [1.165, 1.54) is 11.1 Å². The van der Waals surface area contributed by atoms with Crippen molar-refractivity contribution in [2.75, 3.05) is 23.0 Å². The van der Waals surface area contributed by atoms with Gasteiger partial charge in [0.2, 0.25) is 8.41 Å². The molecule has 1 saturated heterocycles. The molecular formula is C41H48FN5O4Si. The van der Waals surface area contributed by atoms with E-state index in [0.29, 0.717) is 48.4 Å². The molecule has 3 aliphatic heterocycles. The topological polar surface area (TPSA) is 101 Å². The predicted molar refractivity (Wildman–Crippen MR) is 205 cm³/mol. The predicted octanol–water partition coefficient (Wildman–Crippen LogP) is 8.16. The second-order valence-corrected chi connectivity index (χ2v) is 19.1. The monoisotopic (exact) mass is 721 g/mol. The molecule has 9 nitrogen and oxygen atoms in total. The number of ether oxygens (including phenoxy) is 1. The van der Waals surface area contributed by atoms with Crippen LogP contribution in [0.1, 0.15) is 68.6 Å². The number of anilines is 3. The zero-order valence-corrected chi connectivity index (χ0v) is 31.9. The minimum atomic E-state index is -3.40. The van der Waals surface area contributed by atoms with E-state index in [1.807, 2.05) is 61.5 Å². The fourth-order valence-corrected chi connectivity index (χ4v) is 11.2. The summed E-state index contributed by atoms with van der Waals surface area (Å²) in [7, 11) is -3.40. The SMILES string of the molecule is CC(C)=CCC/C(C)=C/CN1C(=O)[C@]2(O[C@H](CCn3cc(CCO)nn3)[C@@H]([Si](C)(C)F)[C@@H]2C)c2cc(N3C(=O)c4cccc5cccc3c45)ccc21. The Bertz CT molecular complexity index is 2090. The molecule has 1 spiro atoms. The highest BCUT2D eigenvalue weighted by atomic mass is 28.4.